The van der Waals surface area contributed by atoms with Gasteiger partial charge in [0.25, 0.3) is 0 Å². The monoisotopic (exact) mass is 265 g/mol. The number of hydrogen-bond donors (Lipinski definition) is 1. The van der Waals surface area contributed by atoms with Crippen LogP contribution >= 0.6 is 0 Å². The van der Waals surface area contributed by atoms with Gasteiger partial charge in [-0.05, 0) is 39.7 Å². The van der Waals surface area contributed by atoms with E-state index in [4.69, 9.17) is 10.5 Å². The number of rotatable bonds is 6. The van der Waals surface area contributed by atoms with Crippen molar-refractivity contribution in [2.24, 2.45) is 5.73 Å². The van der Waals surface area contributed by atoms with E-state index in [1.54, 1.807) is 0 Å². The van der Waals surface area contributed by atoms with E-state index in [9.17, 15) is 0 Å². The fraction of sp³-hybridized carbons (Fsp3) is 0.800. The molecule has 1 unspecified atom stereocenters. The Morgan fingerprint density at radius 1 is 1.47 bits per heavy atom. The molecule has 1 aromatic heterocycles. The van der Waals surface area contributed by atoms with E-state index in [0.717, 1.165) is 12.1 Å². The maximum absolute atomic E-state index is 6.26. The third-order valence-corrected chi connectivity index (χ3v) is 4.20. The predicted octanol–water partition coefficient (Wildman–Crippen LogP) is 2.68. The lowest BCUT2D eigenvalue weighted by Gasteiger charge is -2.31. The molecule has 19 heavy (non-hydrogen) atoms. The Bertz CT molecular complexity index is 394. The van der Waals surface area contributed by atoms with Crippen LogP contribution in [-0.4, -0.2) is 28.0 Å². The molecule has 0 aliphatic heterocycles. The lowest BCUT2D eigenvalue weighted by Crippen LogP contribution is -2.46. The molecule has 2 rings (SSSR count). The Morgan fingerprint density at radius 2 is 2.16 bits per heavy atom. The van der Waals surface area contributed by atoms with Gasteiger partial charge in [-0.25, -0.2) is 0 Å². The first-order valence-corrected chi connectivity index (χ1v) is 7.46. The third kappa shape index (κ3) is 3.57. The molecule has 1 aliphatic carbocycles. The van der Waals surface area contributed by atoms with Crippen LogP contribution in [0, 0.1) is 0 Å². The third-order valence-electron chi connectivity index (χ3n) is 4.20. The summed E-state index contributed by atoms with van der Waals surface area (Å²) in [4.78, 5) is 0. The summed E-state index contributed by atoms with van der Waals surface area (Å²) < 4.78 is 7.84. The number of nitrogens with two attached hydrogens (primary N) is 1. The van der Waals surface area contributed by atoms with Crippen molar-refractivity contribution in [2.45, 2.75) is 70.6 Å². The van der Waals surface area contributed by atoms with Gasteiger partial charge in [-0.15, -0.1) is 0 Å². The number of ether oxygens (including phenoxy) is 1. The van der Waals surface area contributed by atoms with Gasteiger partial charge < -0.3 is 10.5 Å². The normalized spacial score (nSPS) is 18.9. The van der Waals surface area contributed by atoms with Crippen LogP contribution in [0.2, 0.25) is 0 Å². The van der Waals surface area contributed by atoms with E-state index in [1.165, 1.54) is 25.7 Å². The summed E-state index contributed by atoms with van der Waals surface area (Å²) in [5.74, 6) is 0. The van der Waals surface area contributed by atoms with E-state index in [0.29, 0.717) is 12.6 Å². The molecule has 0 amide bonds. The first-order valence-electron chi connectivity index (χ1n) is 7.46. The maximum Gasteiger partial charge on any atom is 0.0780 e. The van der Waals surface area contributed by atoms with Crippen molar-refractivity contribution < 1.29 is 4.74 Å². The van der Waals surface area contributed by atoms with Crippen LogP contribution in [0.5, 0.6) is 0 Å². The van der Waals surface area contributed by atoms with Gasteiger partial charge >= 0.3 is 0 Å². The lowest BCUT2D eigenvalue weighted by molar-refractivity contribution is -0.0290. The highest BCUT2D eigenvalue weighted by Gasteiger charge is 2.27. The standard InChI is InChI=1S/C15H27N3O/c1-4-19-15(2,3)14(16)11-12-9-10-18(17-12)13-7-5-6-8-13/h9-10,13-14H,4-8,11,16H2,1-3H3. The summed E-state index contributed by atoms with van der Waals surface area (Å²) in [7, 11) is 0. The van der Waals surface area contributed by atoms with Gasteiger partial charge in [-0.1, -0.05) is 12.8 Å². The molecule has 1 heterocycles. The average molecular weight is 265 g/mol. The van der Waals surface area contributed by atoms with Crippen LogP contribution in [0.25, 0.3) is 0 Å². The van der Waals surface area contributed by atoms with Gasteiger partial charge in [0.05, 0.1) is 17.3 Å². The smallest absolute Gasteiger partial charge is 0.0780 e. The van der Waals surface area contributed by atoms with E-state index in [-0.39, 0.29) is 11.6 Å². The zero-order chi connectivity index (χ0) is 13.9. The molecule has 0 radical (unpaired) electrons. The minimum atomic E-state index is -0.300. The maximum atomic E-state index is 6.26. The number of hydrogen-bond acceptors (Lipinski definition) is 3. The Balaban J connectivity index is 1.95. The topological polar surface area (TPSA) is 53.1 Å². The molecule has 1 aromatic rings. The van der Waals surface area contributed by atoms with E-state index < -0.39 is 0 Å². The average Bonchev–Trinajstić information content (AvgIpc) is 2.97. The first kappa shape index (κ1) is 14.5. The SMILES string of the molecule is CCOC(C)(C)C(N)Cc1ccn(C2CCCC2)n1. The Hall–Kier alpha value is -0.870. The largest absolute Gasteiger partial charge is 0.374 e. The van der Waals surface area contributed by atoms with Crippen molar-refractivity contribution in [3.8, 4) is 0 Å². The molecule has 0 bridgehead atoms. The van der Waals surface area contributed by atoms with Crippen LogP contribution in [0.4, 0.5) is 0 Å². The molecule has 0 saturated heterocycles. The van der Waals surface area contributed by atoms with Crippen LogP contribution in [0.15, 0.2) is 12.3 Å². The molecule has 108 valence electrons. The molecular weight excluding hydrogens is 238 g/mol. The molecule has 0 aromatic carbocycles. The van der Waals surface area contributed by atoms with Crippen LogP contribution in [0.1, 0.15) is 58.2 Å². The zero-order valence-electron chi connectivity index (χ0n) is 12.4. The van der Waals surface area contributed by atoms with E-state index in [1.807, 2.05) is 6.92 Å². The zero-order valence-corrected chi connectivity index (χ0v) is 12.4. The summed E-state index contributed by atoms with van der Waals surface area (Å²) in [6.07, 6.45) is 8.06. The summed E-state index contributed by atoms with van der Waals surface area (Å²) in [5.41, 5.74) is 7.03. The van der Waals surface area contributed by atoms with Crippen molar-refractivity contribution in [3.05, 3.63) is 18.0 Å². The first-order chi connectivity index (χ1) is 9.03. The lowest BCUT2D eigenvalue weighted by atomic mass is 9.95. The second-order valence-electron chi connectivity index (χ2n) is 6.07. The highest BCUT2D eigenvalue weighted by molar-refractivity contribution is 5.04. The van der Waals surface area contributed by atoms with Gasteiger partial charge in [0.1, 0.15) is 0 Å². The van der Waals surface area contributed by atoms with Crippen molar-refractivity contribution in [1.29, 1.82) is 0 Å². The van der Waals surface area contributed by atoms with Crippen molar-refractivity contribution in [1.82, 2.24) is 9.78 Å². The molecular formula is C15H27N3O. The molecule has 1 atom stereocenters. The van der Waals surface area contributed by atoms with Gasteiger partial charge in [-0.2, -0.15) is 5.10 Å². The molecule has 4 heteroatoms. The highest BCUT2D eigenvalue weighted by Crippen LogP contribution is 2.29. The minimum absolute atomic E-state index is 0.0284. The second-order valence-corrected chi connectivity index (χ2v) is 6.07. The van der Waals surface area contributed by atoms with E-state index in [2.05, 4.69) is 35.9 Å². The minimum Gasteiger partial charge on any atom is -0.374 e. The summed E-state index contributed by atoms with van der Waals surface area (Å²) in [6, 6.07) is 2.67. The quantitative estimate of drug-likeness (QED) is 0.860. The van der Waals surface area contributed by atoms with Gasteiger partial charge in [0, 0.05) is 25.3 Å². The Labute approximate surface area is 116 Å². The second kappa shape index (κ2) is 6.06. The van der Waals surface area contributed by atoms with Crippen LogP contribution in [-0.2, 0) is 11.2 Å². The van der Waals surface area contributed by atoms with Crippen molar-refractivity contribution >= 4 is 0 Å². The van der Waals surface area contributed by atoms with Gasteiger partial charge in [-0.3, -0.25) is 4.68 Å². The van der Waals surface area contributed by atoms with Gasteiger partial charge in [0.15, 0.2) is 0 Å². The number of aromatic nitrogens is 2. The summed E-state index contributed by atoms with van der Waals surface area (Å²) in [5, 5.41) is 4.69. The Kier molecular flexibility index (Phi) is 4.63. The summed E-state index contributed by atoms with van der Waals surface area (Å²) in [6.45, 7) is 6.80. The molecule has 1 fully saturated rings. The van der Waals surface area contributed by atoms with Crippen molar-refractivity contribution in [3.63, 3.8) is 0 Å². The van der Waals surface area contributed by atoms with E-state index >= 15 is 0 Å². The Morgan fingerprint density at radius 3 is 2.79 bits per heavy atom. The molecule has 4 nitrogen and oxygen atoms in total. The summed E-state index contributed by atoms with van der Waals surface area (Å²) >= 11 is 0. The van der Waals surface area contributed by atoms with Gasteiger partial charge in [0.2, 0.25) is 0 Å². The fourth-order valence-corrected chi connectivity index (χ4v) is 2.81. The predicted molar refractivity (Wildman–Crippen MR) is 77.1 cm³/mol. The van der Waals surface area contributed by atoms with Crippen molar-refractivity contribution in [2.75, 3.05) is 6.61 Å². The highest BCUT2D eigenvalue weighted by atomic mass is 16.5. The molecule has 0 spiro atoms. The van der Waals surface area contributed by atoms with Crippen LogP contribution in [0.3, 0.4) is 0 Å². The van der Waals surface area contributed by atoms with Crippen LogP contribution < -0.4 is 5.73 Å². The molecule has 1 aliphatic rings. The molecule has 1 saturated carbocycles. The molecule has 2 N–H and O–H groups in total. The fourth-order valence-electron chi connectivity index (χ4n) is 2.81. The number of nitrogens with zero attached hydrogens (tertiary/aromatic N) is 2.